The van der Waals surface area contributed by atoms with Crippen LogP contribution >= 0.6 is 0 Å². The van der Waals surface area contributed by atoms with Crippen molar-refractivity contribution in [1.82, 2.24) is 0 Å². The van der Waals surface area contributed by atoms with Crippen molar-refractivity contribution in [3.8, 4) is 0 Å². The van der Waals surface area contributed by atoms with Crippen LogP contribution in [-0.2, 0) is 24.8 Å². The van der Waals surface area contributed by atoms with Gasteiger partial charge in [-0.15, -0.1) is 0 Å². The van der Waals surface area contributed by atoms with Gasteiger partial charge in [0.15, 0.2) is 0 Å². The normalized spacial score (nSPS) is 13.2. The molecule has 0 saturated carbocycles. The Morgan fingerprint density at radius 3 is 1.04 bits per heavy atom. The van der Waals surface area contributed by atoms with Gasteiger partial charge in [0.25, 0.3) is 11.2 Å². The Bertz CT molecular complexity index is 1110. The molecule has 0 spiro atoms. The maximum atomic E-state index is 11.4. The van der Waals surface area contributed by atoms with Gasteiger partial charge in [0.1, 0.15) is 0 Å². The van der Waals surface area contributed by atoms with Crippen molar-refractivity contribution in [3.05, 3.63) is 65.2 Å². The summed E-state index contributed by atoms with van der Waals surface area (Å²) >= 11 is 2.04. The van der Waals surface area contributed by atoms with Gasteiger partial charge in [0.2, 0.25) is 0 Å². The van der Waals surface area contributed by atoms with Crippen LogP contribution in [0, 0.1) is 0 Å². The van der Waals surface area contributed by atoms with E-state index in [0.717, 1.165) is 5.69 Å². The Kier molecular flexibility index (Phi) is 16.8. The summed E-state index contributed by atoms with van der Waals surface area (Å²) in [4.78, 5) is 0. The number of nitrogens with two attached hydrogens (primary N) is 1. The topological polar surface area (TPSA) is 66.5 Å². The summed E-state index contributed by atoms with van der Waals surface area (Å²) in [5, 5.41) is 15.9. The van der Waals surface area contributed by atoms with Gasteiger partial charge in [0, 0.05) is 5.69 Å². The van der Waals surface area contributed by atoms with Gasteiger partial charge in [-0.1, -0.05) is 45.9 Å². The van der Waals surface area contributed by atoms with E-state index in [1.54, 1.807) is 0 Å². The summed E-state index contributed by atoms with van der Waals surface area (Å²) in [5.74, 6) is 1.03. The first-order chi connectivity index (χ1) is 20.2. The minimum Gasteiger partial charge on any atom is -0.398 e. The van der Waals surface area contributed by atoms with E-state index in [4.69, 9.17) is 15.9 Å². The Hall–Kier alpha value is -2.12. The van der Waals surface area contributed by atoms with E-state index in [0.29, 0.717) is 11.8 Å². The average molecular weight is 770 g/mol. The van der Waals surface area contributed by atoms with E-state index in [1.165, 1.54) is 16.7 Å². The number of alkyl halides is 12. The molecule has 16 heteroatoms. The number of nitrogen functional groups attached to an aromatic ring is 1. The van der Waals surface area contributed by atoms with Crippen molar-refractivity contribution in [3.63, 3.8) is 0 Å². The SMILES string of the molecule is CC(C)([CH]=[Mo+4])c1ccccc1.CC(C)c1cccc(C(C)C)c1N.CC(O)(C(F)(F)F)C(F)(F)F.CC(O)(C(F)(F)F)C(F)(F)F. The quantitative estimate of drug-likeness (QED) is 0.165. The molecule has 262 valence electrons. The third-order valence-electron chi connectivity index (χ3n) is 6.44. The molecule has 0 bridgehead atoms. The van der Waals surface area contributed by atoms with Crippen LogP contribution in [0.3, 0.4) is 0 Å². The van der Waals surface area contributed by atoms with Gasteiger partial charge in [-0.3, -0.25) is 0 Å². The van der Waals surface area contributed by atoms with E-state index in [2.05, 4.69) is 94.5 Å². The number of hydrogen-bond acceptors (Lipinski definition) is 3. The van der Waals surface area contributed by atoms with E-state index in [9.17, 15) is 52.7 Å². The molecule has 0 amide bonds. The molecule has 0 heterocycles. The summed E-state index contributed by atoms with van der Waals surface area (Å²) in [5.41, 5.74) is 1.95. The molecule has 0 radical (unpaired) electrons. The van der Waals surface area contributed by atoms with Crippen molar-refractivity contribution < 1.29 is 82.3 Å². The zero-order valence-corrected chi connectivity index (χ0v) is 28.3. The standard InChI is InChI=1S/C12H19N.C10H12.2C4H4F6O.Mo/c1-8(2)10-6-5-7-11(9(3)4)12(10)13;1-10(2,3)9-7-5-4-6-8-9;2*1-2(11,3(5,6)7)4(8,9)10;/h5-9H,13H2,1-4H3;1,4-8H,2-3H3;2*11H,1H3;/q;;;;+4. The Balaban J connectivity index is 0. The van der Waals surface area contributed by atoms with Crippen LogP contribution in [0.1, 0.15) is 83.9 Å². The minimum atomic E-state index is -5.69. The van der Waals surface area contributed by atoms with Crippen LogP contribution in [0.5, 0.6) is 0 Å². The van der Waals surface area contributed by atoms with Crippen molar-refractivity contribution in [2.75, 3.05) is 5.73 Å². The molecule has 2 aromatic rings. The van der Waals surface area contributed by atoms with E-state index >= 15 is 0 Å². The smallest absolute Gasteiger partial charge is 0.398 e. The second kappa shape index (κ2) is 16.8. The fraction of sp³-hybridized carbons (Fsp3) is 0.567. The van der Waals surface area contributed by atoms with Crippen LogP contribution in [0.4, 0.5) is 58.4 Å². The van der Waals surface area contributed by atoms with Crippen molar-refractivity contribution >= 4 is 10.1 Å². The third-order valence-corrected chi connectivity index (χ3v) is 7.89. The Morgan fingerprint density at radius 1 is 0.565 bits per heavy atom. The molecule has 2 aromatic carbocycles. The number of hydrogen-bond donors (Lipinski definition) is 3. The number of rotatable bonds is 4. The van der Waals surface area contributed by atoms with Crippen LogP contribution in [-0.4, -0.2) is 50.5 Å². The van der Waals surface area contributed by atoms with Crippen LogP contribution in [0.25, 0.3) is 0 Å². The molecule has 4 N–H and O–H groups in total. The third kappa shape index (κ3) is 13.2. The number of para-hydroxylation sites is 1. The van der Waals surface area contributed by atoms with Crippen molar-refractivity contribution in [2.45, 2.75) is 109 Å². The zero-order chi connectivity index (χ0) is 37.3. The van der Waals surface area contributed by atoms with Crippen molar-refractivity contribution in [1.29, 1.82) is 0 Å². The predicted octanol–water partition coefficient (Wildman–Crippen LogP) is 9.55. The molecule has 0 atom stereocenters. The van der Waals surface area contributed by atoms with E-state index in [1.807, 2.05) is 19.4 Å². The molecule has 0 aliphatic carbocycles. The number of halogens is 12. The van der Waals surface area contributed by atoms with Gasteiger partial charge < -0.3 is 15.9 Å². The molecule has 0 fully saturated rings. The summed E-state index contributed by atoms with van der Waals surface area (Å²) < 4.78 is 139. The zero-order valence-electron chi connectivity index (χ0n) is 26.3. The van der Waals surface area contributed by atoms with Crippen LogP contribution < -0.4 is 5.73 Å². The Labute approximate surface area is 271 Å². The van der Waals surface area contributed by atoms with Crippen LogP contribution in [0.15, 0.2) is 48.5 Å². The summed E-state index contributed by atoms with van der Waals surface area (Å²) in [6.07, 6.45) is -22.8. The molecule has 2 rings (SSSR count). The van der Waals surface area contributed by atoms with Gasteiger partial charge >= 0.3 is 104 Å². The molecular weight excluding hydrogens is 730 g/mol. The molecule has 0 saturated heterocycles. The number of anilines is 1. The van der Waals surface area contributed by atoms with Gasteiger partial charge in [0.05, 0.1) is 0 Å². The fourth-order valence-corrected chi connectivity index (χ4v) is 3.20. The summed E-state index contributed by atoms with van der Waals surface area (Å²) in [7, 11) is 0. The largest absolute Gasteiger partial charge is 0.425 e. The summed E-state index contributed by atoms with van der Waals surface area (Å²) in [6, 6.07) is 16.9. The first-order valence-corrected chi connectivity index (χ1v) is 14.5. The predicted molar refractivity (Wildman–Crippen MR) is 150 cm³/mol. The van der Waals surface area contributed by atoms with Crippen molar-refractivity contribution in [2.24, 2.45) is 0 Å². The minimum absolute atomic E-state index is 0.214. The first kappa shape index (κ1) is 46.0. The molecule has 0 aliphatic rings. The fourth-order valence-electron chi connectivity index (χ4n) is 2.87. The molecule has 0 aliphatic heterocycles. The molecule has 0 unspecified atom stereocenters. The molecule has 46 heavy (non-hydrogen) atoms. The monoisotopic (exact) mass is 771 g/mol. The first-order valence-electron chi connectivity index (χ1n) is 13.3. The van der Waals surface area contributed by atoms with Crippen LogP contribution in [0.2, 0.25) is 0 Å². The molecule has 3 nitrogen and oxygen atoms in total. The maximum Gasteiger partial charge on any atom is 0.425 e. The van der Waals surface area contributed by atoms with Gasteiger partial charge in [-0.25, -0.2) is 0 Å². The average Bonchev–Trinajstić information content (AvgIpc) is 2.87. The second-order valence-electron chi connectivity index (χ2n) is 11.5. The second-order valence-corrected chi connectivity index (χ2v) is 12.1. The number of aliphatic hydroxyl groups is 2. The Morgan fingerprint density at radius 2 is 0.848 bits per heavy atom. The number of benzene rings is 2. The van der Waals surface area contributed by atoms with Gasteiger partial charge in [-0.2, -0.15) is 52.7 Å². The van der Waals surface area contributed by atoms with E-state index < -0.39 is 35.9 Å². The maximum absolute atomic E-state index is 11.4. The molecular formula is C30H39F12MoNO2+4. The summed E-state index contributed by atoms with van der Waals surface area (Å²) in [6.45, 7) is 12.5. The van der Waals surface area contributed by atoms with E-state index in [-0.39, 0.29) is 19.3 Å². The van der Waals surface area contributed by atoms with Gasteiger partial charge in [-0.05, 0) is 36.8 Å². The molecule has 0 aromatic heterocycles.